The van der Waals surface area contributed by atoms with Crippen LogP contribution in [0.5, 0.6) is 0 Å². The summed E-state index contributed by atoms with van der Waals surface area (Å²) in [4.78, 5) is 2.25. The van der Waals surface area contributed by atoms with E-state index in [-0.39, 0.29) is 6.61 Å². The Hall–Kier alpha value is -2.54. The summed E-state index contributed by atoms with van der Waals surface area (Å²) in [6.45, 7) is 2.88. The topological polar surface area (TPSA) is 63.4 Å². The zero-order chi connectivity index (χ0) is 20.3. The van der Waals surface area contributed by atoms with Gasteiger partial charge in [0.05, 0.1) is 31.6 Å². The van der Waals surface area contributed by atoms with Gasteiger partial charge in [0.1, 0.15) is 0 Å². The van der Waals surface area contributed by atoms with Gasteiger partial charge in [-0.05, 0) is 37.6 Å². The van der Waals surface area contributed by atoms with Crippen molar-refractivity contribution in [3.63, 3.8) is 0 Å². The largest absolute Gasteiger partial charge is 0.389 e. The lowest BCUT2D eigenvalue weighted by Gasteiger charge is -2.14. The average molecular weight is 395 g/mol. The molecule has 3 rings (SSSR count). The van der Waals surface area contributed by atoms with E-state index >= 15 is 0 Å². The van der Waals surface area contributed by atoms with Gasteiger partial charge in [0.2, 0.25) is 0 Å². The van der Waals surface area contributed by atoms with E-state index in [4.69, 9.17) is 4.74 Å². The Labute approximate surface area is 172 Å². The first-order valence-corrected chi connectivity index (χ1v) is 10.1. The Morgan fingerprint density at radius 3 is 2.45 bits per heavy atom. The molecule has 0 radical (unpaired) electrons. The van der Waals surface area contributed by atoms with Gasteiger partial charge in [0.25, 0.3) is 0 Å². The third-order valence-electron chi connectivity index (χ3n) is 4.69. The molecule has 1 heterocycles. The number of aliphatic hydroxyl groups excluding tert-OH is 1. The zero-order valence-electron chi connectivity index (χ0n) is 17.0. The molecular weight excluding hydrogens is 364 g/mol. The SMILES string of the molecule is CN(CCCc1ccccc1)Cc1cn(CC(O)COCc2ccccc2)nn1. The van der Waals surface area contributed by atoms with E-state index in [1.165, 1.54) is 5.56 Å². The molecule has 1 unspecified atom stereocenters. The van der Waals surface area contributed by atoms with E-state index in [0.29, 0.717) is 13.2 Å². The lowest BCUT2D eigenvalue weighted by Crippen LogP contribution is -2.22. The highest BCUT2D eigenvalue weighted by Gasteiger charge is 2.10. The summed E-state index contributed by atoms with van der Waals surface area (Å²) in [6, 6.07) is 20.5. The van der Waals surface area contributed by atoms with Crippen molar-refractivity contribution in [1.29, 1.82) is 0 Å². The van der Waals surface area contributed by atoms with Gasteiger partial charge in [-0.15, -0.1) is 5.10 Å². The number of rotatable bonds is 12. The van der Waals surface area contributed by atoms with Crippen LogP contribution in [0.4, 0.5) is 0 Å². The van der Waals surface area contributed by atoms with Crippen LogP contribution in [0.15, 0.2) is 66.9 Å². The number of nitrogens with zero attached hydrogens (tertiary/aromatic N) is 4. The number of benzene rings is 2. The van der Waals surface area contributed by atoms with Gasteiger partial charge in [-0.25, -0.2) is 4.68 Å². The Morgan fingerprint density at radius 1 is 1.03 bits per heavy atom. The maximum absolute atomic E-state index is 10.2. The highest BCUT2D eigenvalue weighted by Crippen LogP contribution is 2.06. The molecule has 0 amide bonds. The van der Waals surface area contributed by atoms with Crippen LogP contribution in [0.25, 0.3) is 0 Å². The average Bonchev–Trinajstić information content (AvgIpc) is 3.16. The fraction of sp³-hybridized carbons (Fsp3) is 0.391. The smallest absolute Gasteiger partial charge is 0.0969 e. The molecule has 1 atom stereocenters. The van der Waals surface area contributed by atoms with E-state index in [9.17, 15) is 5.11 Å². The van der Waals surface area contributed by atoms with Crippen molar-refractivity contribution < 1.29 is 9.84 Å². The van der Waals surface area contributed by atoms with E-state index in [1.54, 1.807) is 4.68 Å². The number of ether oxygens (including phenoxy) is 1. The second-order valence-corrected chi connectivity index (χ2v) is 7.41. The number of aliphatic hydroxyl groups is 1. The minimum absolute atomic E-state index is 0.267. The zero-order valence-corrected chi connectivity index (χ0v) is 17.0. The minimum Gasteiger partial charge on any atom is -0.389 e. The monoisotopic (exact) mass is 394 g/mol. The van der Waals surface area contributed by atoms with Gasteiger partial charge in [0, 0.05) is 12.7 Å². The molecule has 1 aromatic heterocycles. The summed E-state index contributed by atoms with van der Waals surface area (Å²) in [5.74, 6) is 0. The predicted molar refractivity (Wildman–Crippen MR) is 113 cm³/mol. The molecule has 0 aliphatic heterocycles. The molecule has 1 N–H and O–H groups in total. The first kappa shape index (κ1) is 21.2. The number of hydrogen-bond donors (Lipinski definition) is 1. The fourth-order valence-corrected chi connectivity index (χ4v) is 3.21. The van der Waals surface area contributed by atoms with Gasteiger partial charge in [-0.2, -0.15) is 0 Å². The molecule has 3 aromatic rings. The van der Waals surface area contributed by atoms with Crippen LogP contribution in [0, 0.1) is 0 Å². The molecule has 2 aromatic carbocycles. The molecule has 0 spiro atoms. The maximum Gasteiger partial charge on any atom is 0.0969 e. The maximum atomic E-state index is 10.2. The van der Waals surface area contributed by atoms with Crippen molar-refractivity contribution in [2.45, 2.75) is 38.6 Å². The third-order valence-corrected chi connectivity index (χ3v) is 4.69. The Kier molecular flexibility index (Phi) is 8.37. The van der Waals surface area contributed by atoms with Crippen LogP contribution >= 0.6 is 0 Å². The van der Waals surface area contributed by atoms with Crippen molar-refractivity contribution in [3.8, 4) is 0 Å². The van der Waals surface area contributed by atoms with Crippen molar-refractivity contribution in [1.82, 2.24) is 19.9 Å². The highest BCUT2D eigenvalue weighted by atomic mass is 16.5. The van der Waals surface area contributed by atoms with E-state index in [0.717, 1.165) is 37.2 Å². The Bertz CT molecular complexity index is 755. The number of hydrogen-bond acceptors (Lipinski definition) is 5. The van der Waals surface area contributed by atoms with Crippen LogP contribution in [0.2, 0.25) is 0 Å². The second-order valence-electron chi connectivity index (χ2n) is 7.41. The van der Waals surface area contributed by atoms with E-state index in [2.05, 4.69) is 46.5 Å². The molecular formula is C23H30N4O2. The van der Waals surface area contributed by atoms with Crippen LogP contribution in [-0.2, 0) is 30.9 Å². The minimum atomic E-state index is -0.614. The van der Waals surface area contributed by atoms with Crippen molar-refractivity contribution in [3.05, 3.63) is 83.7 Å². The van der Waals surface area contributed by atoms with Gasteiger partial charge in [-0.1, -0.05) is 65.9 Å². The van der Waals surface area contributed by atoms with Crippen molar-refractivity contribution >= 4 is 0 Å². The lowest BCUT2D eigenvalue weighted by atomic mass is 10.1. The molecule has 6 heteroatoms. The summed E-state index contributed by atoms with van der Waals surface area (Å²) in [5.41, 5.74) is 3.37. The molecule has 29 heavy (non-hydrogen) atoms. The van der Waals surface area contributed by atoms with Crippen LogP contribution in [-0.4, -0.2) is 51.3 Å². The van der Waals surface area contributed by atoms with Crippen LogP contribution < -0.4 is 0 Å². The van der Waals surface area contributed by atoms with Crippen molar-refractivity contribution in [2.24, 2.45) is 0 Å². The molecule has 0 fully saturated rings. The molecule has 0 bridgehead atoms. The molecule has 0 saturated heterocycles. The number of aryl methyl sites for hydroxylation is 1. The Morgan fingerprint density at radius 2 is 1.72 bits per heavy atom. The van der Waals surface area contributed by atoms with Crippen LogP contribution in [0.1, 0.15) is 23.2 Å². The normalized spacial score (nSPS) is 12.4. The summed E-state index contributed by atoms with van der Waals surface area (Å²) < 4.78 is 7.27. The second kappa shape index (κ2) is 11.5. The van der Waals surface area contributed by atoms with E-state index in [1.807, 2.05) is 42.6 Å². The molecule has 6 nitrogen and oxygen atoms in total. The summed E-state index contributed by atoms with van der Waals surface area (Å²) >= 11 is 0. The summed E-state index contributed by atoms with van der Waals surface area (Å²) in [7, 11) is 2.09. The molecule has 0 aliphatic rings. The lowest BCUT2D eigenvalue weighted by molar-refractivity contribution is 0.0184. The van der Waals surface area contributed by atoms with Crippen molar-refractivity contribution in [2.75, 3.05) is 20.2 Å². The first-order chi connectivity index (χ1) is 14.2. The van der Waals surface area contributed by atoms with Gasteiger partial charge >= 0.3 is 0 Å². The number of aromatic nitrogens is 3. The quantitative estimate of drug-likeness (QED) is 0.512. The van der Waals surface area contributed by atoms with E-state index < -0.39 is 6.10 Å². The molecule has 154 valence electrons. The highest BCUT2D eigenvalue weighted by molar-refractivity contribution is 5.14. The standard InChI is InChI=1S/C23H30N4O2/c1-26(14-8-13-20-9-4-2-5-10-20)15-22-16-27(25-24-22)17-23(28)19-29-18-21-11-6-3-7-12-21/h2-7,9-12,16,23,28H,8,13-15,17-19H2,1H3. The summed E-state index contributed by atoms with van der Waals surface area (Å²) in [5, 5.41) is 18.5. The summed E-state index contributed by atoms with van der Waals surface area (Å²) in [6.07, 6.45) is 3.46. The van der Waals surface area contributed by atoms with Gasteiger partial charge in [0.15, 0.2) is 0 Å². The first-order valence-electron chi connectivity index (χ1n) is 10.1. The predicted octanol–water partition coefficient (Wildman–Crippen LogP) is 2.92. The Balaban J connectivity index is 1.33. The fourth-order valence-electron chi connectivity index (χ4n) is 3.21. The van der Waals surface area contributed by atoms with Gasteiger partial charge < -0.3 is 14.7 Å². The van der Waals surface area contributed by atoms with Crippen LogP contribution in [0.3, 0.4) is 0 Å². The van der Waals surface area contributed by atoms with Gasteiger partial charge in [-0.3, -0.25) is 0 Å². The molecule has 0 saturated carbocycles. The molecule has 0 aliphatic carbocycles. The third kappa shape index (κ3) is 7.77.